The number of fused-ring (bicyclic) bond motifs is 2. The summed E-state index contributed by atoms with van der Waals surface area (Å²) in [6.45, 7) is 6.91. The van der Waals surface area contributed by atoms with Crippen molar-refractivity contribution in [2.45, 2.75) is 43.6 Å². The monoisotopic (exact) mass is 347 g/mol. The second kappa shape index (κ2) is 7.28. The molecule has 1 saturated heterocycles. The van der Waals surface area contributed by atoms with Crippen molar-refractivity contribution in [2.75, 3.05) is 20.2 Å². The fourth-order valence-electron chi connectivity index (χ4n) is 5.01. The molecule has 4 rings (SSSR count). The van der Waals surface area contributed by atoms with E-state index in [4.69, 9.17) is 4.74 Å². The van der Waals surface area contributed by atoms with Gasteiger partial charge in [0.25, 0.3) is 0 Å². The molecular formula is C24H29NO. The van der Waals surface area contributed by atoms with Gasteiger partial charge in [-0.15, -0.1) is 0 Å². The number of rotatable bonds is 5. The summed E-state index contributed by atoms with van der Waals surface area (Å²) in [4.78, 5) is 2.67. The summed E-state index contributed by atoms with van der Waals surface area (Å²) in [7, 11) is 1.75. The summed E-state index contributed by atoms with van der Waals surface area (Å²) in [6, 6.07) is 20.0. The molecule has 1 heterocycles. The lowest BCUT2D eigenvalue weighted by molar-refractivity contribution is 0.111. The fourth-order valence-corrected chi connectivity index (χ4v) is 5.01. The molecule has 2 atom stereocenters. The molecule has 0 aromatic heterocycles. The summed E-state index contributed by atoms with van der Waals surface area (Å²) in [5.74, 6) is 0.957. The van der Waals surface area contributed by atoms with E-state index in [2.05, 4.69) is 60.0 Å². The van der Waals surface area contributed by atoms with Crippen LogP contribution in [-0.4, -0.2) is 31.1 Å². The van der Waals surface area contributed by atoms with Gasteiger partial charge in [0.1, 0.15) is 5.75 Å². The second-order valence-corrected chi connectivity index (χ2v) is 7.77. The molecule has 136 valence electrons. The van der Waals surface area contributed by atoms with E-state index in [1.165, 1.54) is 42.4 Å². The Hall–Kier alpha value is -2.06. The quantitative estimate of drug-likeness (QED) is 0.707. The standard InChI is InChI=1S/C24H29NO/c1-19-23-12-7-14-24(19,21-10-6-11-22(18-21)26-2)15-17-25(23)16-13-20-8-4-3-5-9-20/h3-6,8-11,18,23H,1,7,12-17H2,2H3/t23-,24+/m1/s1. The number of methoxy groups -OCH3 is 1. The molecule has 2 heteroatoms. The average molecular weight is 348 g/mol. The summed E-state index contributed by atoms with van der Waals surface area (Å²) in [5.41, 5.74) is 4.39. The molecule has 1 aliphatic heterocycles. The Morgan fingerprint density at radius 2 is 1.96 bits per heavy atom. The molecular weight excluding hydrogens is 318 g/mol. The first-order valence-electron chi connectivity index (χ1n) is 9.85. The molecule has 1 saturated carbocycles. The molecule has 0 radical (unpaired) electrons. The van der Waals surface area contributed by atoms with Crippen LogP contribution in [0.25, 0.3) is 0 Å². The zero-order chi connectivity index (χ0) is 18.0. The SMILES string of the molecule is C=C1[C@H]2CCC[C@]1(c1cccc(OC)c1)CCN2CCc1ccccc1. The largest absolute Gasteiger partial charge is 0.497 e. The first-order chi connectivity index (χ1) is 12.7. The van der Waals surface area contributed by atoms with Crippen LogP contribution in [-0.2, 0) is 11.8 Å². The van der Waals surface area contributed by atoms with Crippen molar-refractivity contribution in [3.8, 4) is 5.75 Å². The zero-order valence-electron chi connectivity index (χ0n) is 15.8. The lowest BCUT2D eigenvalue weighted by Gasteiger charge is -2.53. The summed E-state index contributed by atoms with van der Waals surface area (Å²) in [5, 5.41) is 0. The van der Waals surface area contributed by atoms with Gasteiger partial charge in [-0.2, -0.15) is 0 Å². The average Bonchev–Trinajstić information content (AvgIpc) is 2.68. The van der Waals surface area contributed by atoms with E-state index in [1.807, 2.05) is 6.07 Å². The highest BCUT2D eigenvalue weighted by Crippen LogP contribution is 2.50. The van der Waals surface area contributed by atoms with Crippen molar-refractivity contribution in [1.82, 2.24) is 4.90 Å². The smallest absolute Gasteiger partial charge is 0.119 e. The first-order valence-corrected chi connectivity index (χ1v) is 9.85. The van der Waals surface area contributed by atoms with Crippen LogP contribution in [0.2, 0.25) is 0 Å². The number of likely N-dealkylation sites (tertiary alicyclic amines) is 1. The van der Waals surface area contributed by atoms with Gasteiger partial charge in [0, 0.05) is 18.0 Å². The predicted octanol–water partition coefficient (Wildman–Crippen LogP) is 4.99. The topological polar surface area (TPSA) is 12.5 Å². The van der Waals surface area contributed by atoms with E-state index in [0.29, 0.717) is 6.04 Å². The molecule has 0 spiro atoms. The van der Waals surface area contributed by atoms with Crippen molar-refractivity contribution in [2.24, 2.45) is 0 Å². The number of nitrogens with zero attached hydrogens (tertiary/aromatic N) is 1. The molecule has 26 heavy (non-hydrogen) atoms. The molecule has 2 nitrogen and oxygen atoms in total. The minimum atomic E-state index is 0.140. The van der Waals surface area contributed by atoms with Gasteiger partial charge in [0.15, 0.2) is 0 Å². The van der Waals surface area contributed by atoms with Crippen molar-refractivity contribution in [1.29, 1.82) is 0 Å². The molecule has 2 bridgehead atoms. The van der Waals surface area contributed by atoms with Crippen molar-refractivity contribution < 1.29 is 4.74 Å². The molecule has 2 fully saturated rings. The van der Waals surface area contributed by atoms with Gasteiger partial charge in [-0.05, 0) is 61.1 Å². The maximum absolute atomic E-state index is 5.48. The number of hydrogen-bond donors (Lipinski definition) is 0. The lowest BCUT2D eigenvalue weighted by Crippen LogP contribution is -2.53. The third-order valence-electron chi connectivity index (χ3n) is 6.52. The molecule has 2 aromatic rings. The third kappa shape index (κ3) is 3.07. The third-order valence-corrected chi connectivity index (χ3v) is 6.52. The van der Waals surface area contributed by atoms with Crippen LogP contribution < -0.4 is 4.74 Å². The molecule has 0 N–H and O–H groups in total. The van der Waals surface area contributed by atoms with E-state index in [9.17, 15) is 0 Å². The Morgan fingerprint density at radius 3 is 2.77 bits per heavy atom. The van der Waals surface area contributed by atoms with Gasteiger partial charge < -0.3 is 4.74 Å². The summed E-state index contributed by atoms with van der Waals surface area (Å²) in [6.07, 6.45) is 6.05. The number of benzene rings is 2. The molecule has 0 amide bonds. The maximum atomic E-state index is 5.48. The van der Waals surface area contributed by atoms with Crippen LogP contribution in [0, 0.1) is 0 Å². The summed E-state index contributed by atoms with van der Waals surface area (Å²) >= 11 is 0. The van der Waals surface area contributed by atoms with Crippen LogP contribution in [0.4, 0.5) is 0 Å². The number of ether oxygens (including phenoxy) is 1. The van der Waals surface area contributed by atoms with Gasteiger partial charge in [0.2, 0.25) is 0 Å². The van der Waals surface area contributed by atoms with E-state index >= 15 is 0 Å². The minimum absolute atomic E-state index is 0.140. The van der Waals surface area contributed by atoms with Gasteiger partial charge in [0.05, 0.1) is 7.11 Å². The van der Waals surface area contributed by atoms with Crippen molar-refractivity contribution in [3.05, 3.63) is 77.9 Å². The van der Waals surface area contributed by atoms with Crippen LogP contribution in [0.3, 0.4) is 0 Å². The van der Waals surface area contributed by atoms with Crippen molar-refractivity contribution in [3.63, 3.8) is 0 Å². The zero-order valence-corrected chi connectivity index (χ0v) is 15.8. The highest BCUT2D eigenvalue weighted by atomic mass is 16.5. The summed E-state index contributed by atoms with van der Waals surface area (Å²) < 4.78 is 5.48. The fraction of sp³-hybridized carbons (Fsp3) is 0.417. The van der Waals surface area contributed by atoms with Crippen LogP contribution in [0.5, 0.6) is 5.75 Å². The van der Waals surface area contributed by atoms with Gasteiger partial charge in [-0.1, -0.05) is 55.5 Å². The molecule has 2 aromatic carbocycles. The van der Waals surface area contributed by atoms with E-state index in [1.54, 1.807) is 7.11 Å². The molecule has 0 unspecified atom stereocenters. The number of piperidine rings is 1. The first kappa shape index (κ1) is 17.4. The molecule has 2 aliphatic rings. The Morgan fingerprint density at radius 1 is 1.12 bits per heavy atom. The number of hydrogen-bond acceptors (Lipinski definition) is 2. The van der Waals surface area contributed by atoms with Crippen LogP contribution in [0.1, 0.15) is 36.8 Å². The van der Waals surface area contributed by atoms with Crippen LogP contribution >= 0.6 is 0 Å². The second-order valence-electron chi connectivity index (χ2n) is 7.77. The Bertz CT molecular complexity index is 769. The normalized spacial score (nSPS) is 25.9. The molecule has 1 aliphatic carbocycles. The Labute approximate surface area is 157 Å². The minimum Gasteiger partial charge on any atom is -0.497 e. The van der Waals surface area contributed by atoms with Gasteiger partial charge in [-0.3, -0.25) is 4.90 Å². The van der Waals surface area contributed by atoms with E-state index in [0.717, 1.165) is 25.3 Å². The Balaban J connectivity index is 1.53. The maximum Gasteiger partial charge on any atom is 0.119 e. The van der Waals surface area contributed by atoms with Gasteiger partial charge in [-0.25, -0.2) is 0 Å². The highest BCUT2D eigenvalue weighted by Gasteiger charge is 2.46. The highest BCUT2D eigenvalue weighted by molar-refractivity contribution is 5.44. The Kier molecular flexibility index (Phi) is 4.86. The van der Waals surface area contributed by atoms with Crippen molar-refractivity contribution >= 4 is 0 Å². The van der Waals surface area contributed by atoms with E-state index in [-0.39, 0.29) is 5.41 Å². The predicted molar refractivity (Wildman–Crippen MR) is 108 cm³/mol. The van der Waals surface area contributed by atoms with Crippen LogP contribution in [0.15, 0.2) is 66.7 Å². The van der Waals surface area contributed by atoms with E-state index < -0.39 is 0 Å². The van der Waals surface area contributed by atoms with Gasteiger partial charge >= 0.3 is 0 Å². The lowest BCUT2D eigenvalue weighted by atomic mass is 9.60.